The molecule has 4 rings (SSSR count). The first kappa shape index (κ1) is 18.3. The Morgan fingerprint density at radius 1 is 1.44 bits per heavy atom. The average Bonchev–Trinajstić information content (AvgIpc) is 3.36. The van der Waals surface area contributed by atoms with Gasteiger partial charge in [-0.05, 0) is 42.7 Å². The lowest BCUT2D eigenvalue weighted by atomic mass is 9.70. The van der Waals surface area contributed by atoms with Crippen LogP contribution in [0.2, 0.25) is 0 Å². The number of hydrogen-bond donors (Lipinski definition) is 1. The first-order chi connectivity index (χ1) is 12.8. The Morgan fingerprint density at radius 3 is 2.89 bits per heavy atom. The summed E-state index contributed by atoms with van der Waals surface area (Å²) in [5.74, 6) is 2.08. The van der Waals surface area contributed by atoms with E-state index in [1.54, 1.807) is 12.3 Å². The van der Waals surface area contributed by atoms with E-state index in [2.05, 4.69) is 41.5 Å². The summed E-state index contributed by atoms with van der Waals surface area (Å²) in [6.07, 6.45) is 5.01. The predicted molar refractivity (Wildman–Crippen MR) is 104 cm³/mol. The summed E-state index contributed by atoms with van der Waals surface area (Å²) in [7, 11) is 1.86. The van der Waals surface area contributed by atoms with Crippen molar-refractivity contribution in [3.63, 3.8) is 0 Å². The summed E-state index contributed by atoms with van der Waals surface area (Å²) in [4.78, 5) is 12.3. The van der Waals surface area contributed by atoms with Gasteiger partial charge in [0.25, 0.3) is 5.91 Å². The lowest BCUT2D eigenvalue weighted by Gasteiger charge is -2.34. The van der Waals surface area contributed by atoms with Crippen LogP contribution < -0.4 is 5.43 Å². The summed E-state index contributed by atoms with van der Waals surface area (Å²) in [6.45, 7) is 6.94. The van der Waals surface area contributed by atoms with Crippen LogP contribution in [0.5, 0.6) is 0 Å². The number of fused-ring (bicyclic) bond motifs is 2. The van der Waals surface area contributed by atoms with Crippen molar-refractivity contribution in [1.82, 2.24) is 20.2 Å². The molecule has 2 saturated carbocycles. The highest BCUT2D eigenvalue weighted by molar-refractivity contribution is 7.99. The normalized spacial score (nSPS) is 27.4. The minimum absolute atomic E-state index is 0.0969. The summed E-state index contributed by atoms with van der Waals surface area (Å²) in [5, 5.41) is 13.4. The monoisotopic (exact) mass is 387 g/mol. The maximum atomic E-state index is 12.3. The SMILES string of the molecule is Cn1c(SCC(=O)N/N=C2\C[C@H]3CC[C@]2(C)C3(C)C)nnc1-c1ccco1. The van der Waals surface area contributed by atoms with Crippen molar-refractivity contribution in [3.8, 4) is 11.6 Å². The number of rotatable bonds is 5. The van der Waals surface area contributed by atoms with Gasteiger partial charge in [0.2, 0.25) is 0 Å². The second-order valence-corrected chi connectivity index (χ2v) is 9.16. The molecule has 2 bridgehead atoms. The van der Waals surface area contributed by atoms with Crippen LogP contribution in [0.4, 0.5) is 0 Å². The van der Waals surface area contributed by atoms with E-state index in [0.717, 1.165) is 18.6 Å². The van der Waals surface area contributed by atoms with Gasteiger partial charge in [0.15, 0.2) is 16.7 Å². The van der Waals surface area contributed by atoms with Gasteiger partial charge in [-0.15, -0.1) is 10.2 Å². The Kier molecular flexibility index (Phi) is 4.41. The van der Waals surface area contributed by atoms with Crippen molar-refractivity contribution >= 4 is 23.4 Å². The molecule has 2 fully saturated rings. The van der Waals surface area contributed by atoms with Crippen LogP contribution in [0, 0.1) is 16.7 Å². The van der Waals surface area contributed by atoms with Crippen LogP contribution >= 0.6 is 11.8 Å². The molecule has 7 nitrogen and oxygen atoms in total. The molecular formula is C19H25N5O2S. The van der Waals surface area contributed by atoms with Crippen molar-refractivity contribution in [1.29, 1.82) is 0 Å². The van der Waals surface area contributed by atoms with Gasteiger partial charge < -0.3 is 8.98 Å². The van der Waals surface area contributed by atoms with E-state index >= 15 is 0 Å². The van der Waals surface area contributed by atoms with E-state index in [1.807, 2.05) is 17.7 Å². The molecule has 0 radical (unpaired) electrons. The van der Waals surface area contributed by atoms with Crippen molar-refractivity contribution in [3.05, 3.63) is 18.4 Å². The minimum atomic E-state index is -0.126. The highest BCUT2D eigenvalue weighted by Crippen LogP contribution is 2.63. The summed E-state index contributed by atoms with van der Waals surface area (Å²) in [6, 6.07) is 3.64. The second-order valence-electron chi connectivity index (χ2n) is 8.22. The molecule has 2 heterocycles. The molecule has 0 spiro atoms. The van der Waals surface area contributed by atoms with Crippen molar-refractivity contribution in [2.24, 2.45) is 28.9 Å². The van der Waals surface area contributed by atoms with Crippen molar-refractivity contribution < 1.29 is 9.21 Å². The van der Waals surface area contributed by atoms with Gasteiger partial charge in [-0.2, -0.15) is 5.10 Å². The van der Waals surface area contributed by atoms with Crippen molar-refractivity contribution in [2.45, 2.75) is 45.2 Å². The zero-order valence-electron chi connectivity index (χ0n) is 16.2. The number of aromatic nitrogens is 3. The molecular weight excluding hydrogens is 362 g/mol. The van der Waals surface area contributed by atoms with Crippen LogP contribution in [0.25, 0.3) is 11.6 Å². The van der Waals surface area contributed by atoms with Crippen molar-refractivity contribution in [2.75, 3.05) is 5.75 Å². The van der Waals surface area contributed by atoms with Gasteiger partial charge >= 0.3 is 0 Å². The number of carbonyl (C=O) groups is 1. The van der Waals surface area contributed by atoms with Crippen LogP contribution in [-0.2, 0) is 11.8 Å². The van der Waals surface area contributed by atoms with Crippen LogP contribution in [0.3, 0.4) is 0 Å². The highest BCUT2D eigenvalue weighted by Gasteiger charge is 2.60. The predicted octanol–water partition coefficient (Wildman–Crippen LogP) is 3.49. The van der Waals surface area contributed by atoms with Gasteiger partial charge in [-0.1, -0.05) is 32.5 Å². The molecule has 2 aromatic heterocycles. The smallest absolute Gasteiger partial charge is 0.250 e. The van der Waals surface area contributed by atoms with E-state index in [0.29, 0.717) is 22.7 Å². The summed E-state index contributed by atoms with van der Waals surface area (Å²) >= 11 is 1.34. The maximum Gasteiger partial charge on any atom is 0.250 e. The minimum Gasteiger partial charge on any atom is -0.461 e. The number of nitrogens with zero attached hydrogens (tertiary/aromatic N) is 4. The van der Waals surface area contributed by atoms with E-state index in [-0.39, 0.29) is 22.5 Å². The molecule has 144 valence electrons. The van der Waals surface area contributed by atoms with Gasteiger partial charge in [0, 0.05) is 18.2 Å². The first-order valence-corrected chi connectivity index (χ1v) is 10.2. The third kappa shape index (κ3) is 2.90. The fraction of sp³-hybridized carbons (Fsp3) is 0.579. The molecule has 0 saturated heterocycles. The van der Waals surface area contributed by atoms with E-state index < -0.39 is 0 Å². The Hall–Kier alpha value is -2.09. The molecule has 0 aromatic carbocycles. The molecule has 27 heavy (non-hydrogen) atoms. The number of carbonyl (C=O) groups excluding carboxylic acids is 1. The maximum absolute atomic E-state index is 12.3. The number of thioether (sulfide) groups is 1. The molecule has 2 aliphatic rings. The van der Waals surface area contributed by atoms with Gasteiger partial charge in [-0.25, -0.2) is 5.43 Å². The summed E-state index contributed by atoms with van der Waals surface area (Å²) in [5.41, 5.74) is 4.24. The quantitative estimate of drug-likeness (QED) is 0.627. The van der Waals surface area contributed by atoms with Gasteiger partial charge in [0.05, 0.1) is 12.0 Å². The Bertz CT molecular complexity index is 886. The number of nitrogens with one attached hydrogen (secondary N) is 1. The highest BCUT2D eigenvalue weighted by atomic mass is 32.2. The van der Waals surface area contributed by atoms with Crippen LogP contribution in [0.15, 0.2) is 33.1 Å². The zero-order valence-corrected chi connectivity index (χ0v) is 17.0. The first-order valence-electron chi connectivity index (χ1n) is 9.25. The topological polar surface area (TPSA) is 85.3 Å². The fourth-order valence-electron chi connectivity index (χ4n) is 4.45. The van der Waals surface area contributed by atoms with Crippen LogP contribution in [-0.4, -0.2) is 32.1 Å². The largest absolute Gasteiger partial charge is 0.461 e. The zero-order chi connectivity index (χ0) is 19.2. The lowest BCUT2D eigenvalue weighted by molar-refractivity contribution is -0.118. The third-order valence-electron chi connectivity index (χ3n) is 6.74. The molecule has 2 atom stereocenters. The molecule has 2 aliphatic carbocycles. The number of hydrazone groups is 1. The molecule has 8 heteroatoms. The number of hydrogen-bond acceptors (Lipinski definition) is 6. The Morgan fingerprint density at radius 2 is 2.26 bits per heavy atom. The number of furan rings is 1. The Labute approximate surface area is 163 Å². The molecule has 1 N–H and O–H groups in total. The van der Waals surface area contributed by atoms with Gasteiger partial charge in [-0.3, -0.25) is 4.79 Å². The third-order valence-corrected chi connectivity index (χ3v) is 7.76. The van der Waals surface area contributed by atoms with E-state index in [9.17, 15) is 4.79 Å². The number of amides is 1. The molecule has 0 aliphatic heterocycles. The molecule has 2 aromatic rings. The lowest BCUT2D eigenvalue weighted by Crippen LogP contribution is -2.34. The Balaban J connectivity index is 1.36. The average molecular weight is 388 g/mol. The fourth-order valence-corrected chi connectivity index (χ4v) is 5.15. The standard InChI is InChI=1S/C19H25N5O2S/c1-18(2)12-7-8-19(18,3)14(10-12)20-21-15(25)11-27-17-23-22-16(24(17)4)13-6-5-9-26-13/h5-6,9,12H,7-8,10-11H2,1-4H3,(H,21,25)/b20-14+/t12-,19+/m1/s1. The van der Waals surface area contributed by atoms with Crippen LogP contribution in [0.1, 0.15) is 40.0 Å². The second kappa shape index (κ2) is 6.51. The van der Waals surface area contributed by atoms with E-state index in [4.69, 9.17) is 4.42 Å². The molecule has 1 amide bonds. The van der Waals surface area contributed by atoms with E-state index in [1.165, 1.54) is 18.2 Å². The summed E-state index contributed by atoms with van der Waals surface area (Å²) < 4.78 is 7.18. The molecule has 0 unspecified atom stereocenters. The van der Waals surface area contributed by atoms with Gasteiger partial charge in [0.1, 0.15) is 0 Å².